The zero-order valence-electron chi connectivity index (χ0n) is 8.32. The molecule has 2 heterocycles. The molecule has 15 heavy (non-hydrogen) atoms. The van der Waals surface area contributed by atoms with Crippen LogP contribution in [0.25, 0.3) is 5.13 Å². The van der Waals surface area contributed by atoms with Crippen LogP contribution in [0, 0.1) is 0 Å². The predicted molar refractivity (Wildman–Crippen MR) is 63.9 cm³/mol. The van der Waals surface area contributed by atoms with E-state index in [1.807, 2.05) is 19.2 Å². The summed E-state index contributed by atoms with van der Waals surface area (Å²) in [4.78, 5) is 15.9. The Bertz CT molecular complexity index is 512. The largest absolute Gasteiger partial charge is 0.292 e. The monoisotopic (exact) mass is 287 g/mol. The lowest BCUT2D eigenvalue weighted by molar-refractivity contribution is 0.756. The smallest absolute Gasteiger partial charge is 0.287 e. The van der Waals surface area contributed by atoms with Gasteiger partial charge in [-0.1, -0.05) is 13.8 Å². The lowest BCUT2D eigenvalue weighted by Crippen LogP contribution is -2.14. The van der Waals surface area contributed by atoms with Crippen molar-refractivity contribution in [2.24, 2.45) is 0 Å². The summed E-state index contributed by atoms with van der Waals surface area (Å²) < 4.78 is 2.05. The number of H-pyrrole nitrogens is 1. The van der Waals surface area contributed by atoms with Crippen LogP contribution in [0.3, 0.4) is 0 Å². The summed E-state index contributed by atoms with van der Waals surface area (Å²) in [7, 11) is 0. The highest BCUT2D eigenvalue weighted by Crippen LogP contribution is 2.20. The van der Waals surface area contributed by atoms with E-state index in [0.29, 0.717) is 9.60 Å². The van der Waals surface area contributed by atoms with Crippen molar-refractivity contribution in [3.63, 3.8) is 0 Å². The summed E-state index contributed by atoms with van der Waals surface area (Å²) in [6, 6.07) is 0. The number of halogens is 1. The fraction of sp³-hybridized carbons (Fsp3) is 0.333. The summed E-state index contributed by atoms with van der Waals surface area (Å²) in [6.07, 6.45) is 1.68. The van der Waals surface area contributed by atoms with Crippen molar-refractivity contribution in [1.82, 2.24) is 14.8 Å². The van der Waals surface area contributed by atoms with E-state index in [2.05, 4.69) is 26.0 Å². The van der Waals surface area contributed by atoms with Crippen molar-refractivity contribution >= 4 is 27.3 Å². The van der Waals surface area contributed by atoms with Crippen LogP contribution in [0.5, 0.6) is 0 Å². The Morgan fingerprint density at radius 2 is 2.33 bits per heavy atom. The Morgan fingerprint density at radius 3 is 2.80 bits per heavy atom. The van der Waals surface area contributed by atoms with E-state index in [0.717, 1.165) is 5.69 Å². The van der Waals surface area contributed by atoms with Crippen molar-refractivity contribution in [3.05, 3.63) is 32.1 Å². The van der Waals surface area contributed by atoms with Crippen LogP contribution >= 0.6 is 27.3 Å². The zero-order chi connectivity index (χ0) is 11.0. The number of nitrogens with zero attached hydrogens (tertiary/aromatic N) is 2. The molecule has 1 N–H and O–H groups in total. The van der Waals surface area contributed by atoms with Gasteiger partial charge >= 0.3 is 0 Å². The van der Waals surface area contributed by atoms with E-state index in [9.17, 15) is 4.79 Å². The van der Waals surface area contributed by atoms with Crippen LogP contribution in [0.2, 0.25) is 0 Å². The minimum atomic E-state index is -0.0892. The van der Waals surface area contributed by atoms with Gasteiger partial charge in [0, 0.05) is 11.6 Å². The minimum Gasteiger partial charge on any atom is -0.292 e. The van der Waals surface area contributed by atoms with E-state index in [-0.39, 0.29) is 11.5 Å². The molecule has 2 aromatic heterocycles. The molecule has 0 aliphatic rings. The Labute approximate surface area is 99.1 Å². The number of hydrogen-bond acceptors (Lipinski definition) is 3. The van der Waals surface area contributed by atoms with Gasteiger partial charge < -0.3 is 0 Å². The highest BCUT2D eigenvalue weighted by atomic mass is 79.9. The third-order valence-corrected chi connectivity index (χ3v) is 3.57. The number of nitrogens with one attached hydrogen (secondary N) is 1. The van der Waals surface area contributed by atoms with E-state index in [4.69, 9.17) is 0 Å². The zero-order valence-corrected chi connectivity index (χ0v) is 10.7. The van der Waals surface area contributed by atoms with Crippen LogP contribution in [0.4, 0.5) is 0 Å². The summed E-state index contributed by atoms with van der Waals surface area (Å²) in [5.41, 5.74) is 0.809. The highest BCUT2D eigenvalue weighted by Gasteiger charge is 2.15. The van der Waals surface area contributed by atoms with Crippen molar-refractivity contribution < 1.29 is 0 Å². The molecule has 0 atom stereocenters. The number of rotatable bonds is 2. The van der Waals surface area contributed by atoms with Gasteiger partial charge in [0.25, 0.3) is 5.56 Å². The van der Waals surface area contributed by atoms with Crippen molar-refractivity contribution in [2.45, 2.75) is 19.8 Å². The average molecular weight is 288 g/mol. The first-order valence-corrected chi connectivity index (χ1v) is 6.18. The fourth-order valence-corrected chi connectivity index (χ4v) is 2.60. The molecule has 0 aromatic carbocycles. The highest BCUT2D eigenvalue weighted by molar-refractivity contribution is 9.10. The third kappa shape index (κ3) is 1.79. The number of hydrogen-bond donors (Lipinski definition) is 1. The molecular weight excluding hydrogens is 278 g/mol. The summed E-state index contributed by atoms with van der Waals surface area (Å²) >= 11 is 4.72. The molecule has 0 fully saturated rings. The van der Waals surface area contributed by atoms with Crippen LogP contribution in [0.15, 0.2) is 20.8 Å². The average Bonchev–Trinajstić information content (AvgIpc) is 2.77. The van der Waals surface area contributed by atoms with Gasteiger partial charge in [0.15, 0.2) is 0 Å². The SMILES string of the molecule is CC(C)c1[nH]n(-c2nccs2)c(=O)c1Br. The number of thiazole rings is 1. The lowest BCUT2D eigenvalue weighted by atomic mass is 10.1. The Kier molecular flexibility index (Phi) is 2.79. The maximum atomic E-state index is 11.8. The second-order valence-corrected chi connectivity index (χ2v) is 5.12. The van der Waals surface area contributed by atoms with Gasteiger partial charge in [0.2, 0.25) is 5.13 Å². The molecular formula is C9H10BrN3OS. The molecule has 0 aliphatic carbocycles. The molecule has 0 amide bonds. The second kappa shape index (κ2) is 3.94. The van der Waals surface area contributed by atoms with Crippen molar-refractivity contribution in [2.75, 3.05) is 0 Å². The topological polar surface area (TPSA) is 50.7 Å². The van der Waals surface area contributed by atoms with E-state index in [1.165, 1.54) is 16.0 Å². The molecule has 0 unspecified atom stereocenters. The number of aromatic nitrogens is 3. The first kappa shape index (κ1) is 10.6. The van der Waals surface area contributed by atoms with Crippen LogP contribution in [-0.4, -0.2) is 14.8 Å². The van der Waals surface area contributed by atoms with Crippen LogP contribution < -0.4 is 5.56 Å². The molecule has 0 aliphatic heterocycles. The third-order valence-electron chi connectivity index (χ3n) is 2.05. The first-order chi connectivity index (χ1) is 7.11. The van der Waals surface area contributed by atoms with Gasteiger partial charge in [-0.3, -0.25) is 9.89 Å². The number of aromatic amines is 1. The summed E-state index contributed by atoms with van der Waals surface area (Å²) in [6.45, 7) is 4.06. The minimum absolute atomic E-state index is 0.0892. The summed E-state index contributed by atoms with van der Waals surface area (Å²) in [5, 5.41) is 5.56. The van der Waals surface area contributed by atoms with Crippen molar-refractivity contribution in [3.8, 4) is 5.13 Å². The van der Waals surface area contributed by atoms with Crippen molar-refractivity contribution in [1.29, 1.82) is 0 Å². The van der Waals surface area contributed by atoms with E-state index < -0.39 is 0 Å². The molecule has 0 spiro atoms. The van der Waals surface area contributed by atoms with Crippen LogP contribution in [-0.2, 0) is 0 Å². The van der Waals surface area contributed by atoms with Crippen LogP contribution in [0.1, 0.15) is 25.5 Å². The molecule has 0 saturated heterocycles. The molecule has 80 valence electrons. The normalized spacial score (nSPS) is 11.2. The molecule has 0 bridgehead atoms. The maximum absolute atomic E-state index is 11.8. The summed E-state index contributed by atoms with van der Waals surface area (Å²) in [5.74, 6) is 0.272. The Hall–Kier alpha value is -0.880. The maximum Gasteiger partial charge on any atom is 0.287 e. The lowest BCUT2D eigenvalue weighted by Gasteiger charge is -2.00. The van der Waals surface area contributed by atoms with Gasteiger partial charge in [-0.25, -0.2) is 4.98 Å². The van der Waals surface area contributed by atoms with E-state index in [1.54, 1.807) is 6.20 Å². The Morgan fingerprint density at radius 1 is 1.60 bits per heavy atom. The quantitative estimate of drug-likeness (QED) is 0.923. The first-order valence-electron chi connectivity index (χ1n) is 4.51. The molecule has 6 heteroatoms. The predicted octanol–water partition coefficient (Wildman–Crippen LogP) is 2.51. The molecule has 0 saturated carbocycles. The molecule has 2 aromatic rings. The van der Waals surface area contributed by atoms with E-state index >= 15 is 0 Å². The van der Waals surface area contributed by atoms with Gasteiger partial charge in [0.1, 0.15) is 4.47 Å². The second-order valence-electron chi connectivity index (χ2n) is 3.45. The Balaban J connectivity index is 2.60. The molecule has 0 radical (unpaired) electrons. The molecule has 4 nitrogen and oxygen atoms in total. The van der Waals surface area contributed by atoms with Gasteiger partial charge in [-0.05, 0) is 21.8 Å². The van der Waals surface area contributed by atoms with Gasteiger partial charge in [0.05, 0.1) is 5.69 Å². The molecule has 2 rings (SSSR count). The fourth-order valence-electron chi connectivity index (χ4n) is 1.28. The van der Waals surface area contributed by atoms with Gasteiger partial charge in [-0.15, -0.1) is 11.3 Å². The van der Waals surface area contributed by atoms with Gasteiger partial charge in [-0.2, -0.15) is 4.68 Å². The standard InChI is InChI=1S/C9H10BrN3OS/c1-5(2)7-6(10)8(14)13(12-7)9-11-3-4-15-9/h3-5,12H,1-2H3.